The van der Waals surface area contributed by atoms with Gasteiger partial charge in [-0.2, -0.15) is 0 Å². The van der Waals surface area contributed by atoms with Gasteiger partial charge in [0.15, 0.2) is 0 Å². The Labute approximate surface area is 77.8 Å². The molecule has 1 saturated carbocycles. The maximum atomic E-state index is 11.1. The van der Waals surface area contributed by atoms with E-state index in [9.17, 15) is 9.90 Å². The summed E-state index contributed by atoms with van der Waals surface area (Å²) in [7, 11) is 0. The third-order valence-electron chi connectivity index (χ3n) is 3.07. The number of hydrogen-bond donors (Lipinski definition) is 2. The van der Waals surface area contributed by atoms with Crippen molar-refractivity contribution in [1.29, 1.82) is 0 Å². The molecule has 13 heavy (non-hydrogen) atoms. The van der Waals surface area contributed by atoms with Crippen LogP contribution in [0.4, 0.5) is 0 Å². The summed E-state index contributed by atoms with van der Waals surface area (Å²) in [6.45, 7) is 1.82. The van der Waals surface area contributed by atoms with Crippen LogP contribution < -0.4 is 5.32 Å². The SMILES string of the molecule is CCC(=O)N[C@H]1[C@@H](O)[C@H]2C=C[C@@H]1C2. The van der Waals surface area contributed by atoms with Crippen molar-refractivity contribution >= 4 is 5.91 Å². The molecule has 2 aliphatic rings. The maximum Gasteiger partial charge on any atom is 0.220 e. The van der Waals surface area contributed by atoms with Gasteiger partial charge in [-0.3, -0.25) is 4.79 Å². The molecule has 4 atom stereocenters. The quantitative estimate of drug-likeness (QED) is 0.608. The van der Waals surface area contributed by atoms with E-state index in [2.05, 4.69) is 17.5 Å². The zero-order valence-corrected chi connectivity index (χ0v) is 7.73. The van der Waals surface area contributed by atoms with Crippen molar-refractivity contribution in [1.82, 2.24) is 5.32 Å². The van der Waals surface area contributed by atoms with E-state index in [0.29, 0.717) is 12.3 Å². The molecule has 0 heterocycles. The van der Waals surface area contributed by atoms with Gasteiger partial charge in [-0.1, -0.05) is 19.1 Å². The second-order valence-corrected chi connectivity index (χ2v) is 3.89. The first-order chi connectivity index (χ1) is 6.22. The Hall–Kier alpha value is -0.830. The van der Waals surface area contributed by atoms with Gasteiger partial charge < -0.3 is 10.4 Å². The number of rotatable bonds is 2. The van der Waals surface area contributed by atoms with Crippen molar-refractivity contribution in [3.63, 3.8) is 0 Å². The largest absolute Gasteiger partial charge is 0.390 e. The molecule has 0 aliphatic heterocycles. The average molecular weight is 181 g/mol. The molecular weight excluding hydrogens is 166 g/mol. The van der Waals surface area contributed by atoms with Gasteiger partial charge in [0.05, 0.1) is 12.1 Å². The average Bonchev–Trinajstić information content (AvgIpc) is 2.69. The maximum absolute atomic E-state index is 11.1. The number of nitrogens with one attached hydrogen (secondary N) is 1. The van der Waals surface area contributed by atoms with Crippen molar-refractivity contribution in [2.24, 2.45) is 11.8 Å². The fourth-order valence-electron chi connectivity index (χ4n) is 2.28. The van der Waals surface area contributed by atoms with Gasteiger partial charge in [-0.25, -0.2) is 0 Å². The number of aliphatic hydroxyl groups excluding tert-OH is 1. The van der Waals surface area contributed by atoms with Crippen LogP contribution in [0.3, 0.4) is 0 Å². The summed E-state index contributed by atoms with van der Waals surface area (Å²) in [5, 5.41) is 12.6. The van der Waals surface area contributed by atoms with Crippen LogP contribution in [0.2, 0.25) is 0 Å². The molecule has 2 N–H and O–H groups in total. The zero-order chi connectivity index (χ0) is 9.42. The highest BCUT2D eigenvalue weighted by atomic mass is 16.3. The number of carbonyl (C=O) groups is 1. The Morgan fingerprint density at radius 2 is 2.23 bits per heavy atom. The summed E-state index contributed by atoms with van der Waals surface area (Å²) in [5.74, 6) is 0.660. The van der Waals surface area contributed by atoms with Gasteiger partial charge >= 0.3 is 0 Å². The van der Waals surface area contributed by atoms with E-state index in [4.69, 9.17) is 0 Å². The van der Waals surface area contributed by atoms with E-state index in [0.717, 1.165) is 6.42 Å². The minimum Gasteiger partial charge on any atom is -0.390 e. The Balaban J connectivity index is 2.01. The molecule has 0 spiro atoms. The topological polar surface area (TPSA) is 49.3 Å². The summed E-state index contributed by atoms with van der Waals surface area (Å²) >= 11 is 0. The predicted molar refractivity (Wildman–Crippen MR) is 49.0 cm³/mol. The minimum atomic E-state index is -0.370. The molecule has 1 fully saturated rings. The number of amides is 1. The van der Waals surface area contributed by atoms with Gasteiger partial charge in [0, 0.05) is 18.3 Å². The Bertz CT molecular complexity index is 249. The zero-order valence-electron chi connectivity index (χ0n) is 7.73. The number of aliphatic hydroxyl groups is 1. The molecule has 3 nitrogen and oxygen atoms in total. The normalized spacial score (nSPS) is 41.1. The Morgan fingerprint density at radius 1 is 1.54 bits per heavy atom. The standard InChI is InChI=1S/C10H15NO2/c1-2-8(12)11-9-6-3-4-7(5-6)10(9)13/h3-4,6-7,9-10,13H,2,5H2,1H3,(H,11,12)/t6-,7+,9-,10+/m1/s1. The van der Waals surface area contributed by atoms with Gasteiger partial charge in [-0.15, -0.1) is 0 Å². The van der Waals surface area contributed by atoms with Gasteiger partial charge in [-0.05, 0) is 6.42 Å². The summed E-state index contributed by atoms with van der Waals surface area (Å²) < 4.78 is 0. The molecule has 0 radical (unpaired) electrons. The molecule has 3 heteroatoms. The molecule has 0 saturated heterocycles. The highest BCUT2D eigenvalue weighted by molar-refractivity contribution is 5.76. The van der Waals surface area contributed by atoms with Crippen molar-refractivity contribution < 1.29 is 9.90 Å². The van der Waals surface area contributed by atoms with Crippen LogP contribution in [0.5, 0.6) is 0 Å². The summed E-state index contributed by atoms with van der Waals surface area (Å²) in [6, 6.07) is -0.0394. The van der Waals surface area contributed by atoms with Crippen molar-refractivity contribution in [2.45, 2.75) is 31.9 Å². The first kappa shape index (κ1) is 8.75. The van der Waals surface area contributed by atoms with Crippen LogP contribution in [-0.4, -0.2) is 23.2 Å². The van der Waals surface area contributed by atoms with Crippen molar-refractivity contribution in [3.8, 4) is 0 Å². The molecule has 0 aromatic carbocycles. The van der Waals surface area contributed by atoms with Crippen molar-refractivity contribution in [3.05, 3.63) is 12.2 Å². The molecule has 0 unspecified atom stereocenters. The fraction of sp³-hybridized carbons (Fsp3) is 0.700. The molecule has 2 rings (SSSR count). The smallest absolute Gasteiger partial charge is 0.220 e. The van der Waals surface area contributed by atoms with Gasteiger partial charge in [0.1, 0.15) is 0 Å². The molecule has 1 amide bonds. The molecule has 0 aromatic rings. The van der Waals surface area contributed by atoms with Crippen LogP contribution in [0, 0.1) is 11.8 Å². The van der Waals surface area contributed by atoms with E-state index in [1.165, 1.54) is 0 Å². The van der Waals surface area contributed by atoms with E-state index in [-0.39, 0.29) is 24.0 Å². The Kier molecular flexibility index (Phi) is 2.12. The lowest BCUT2D eigenvalue weighted by atomic mass is 9.98. The number of carbonyl (C=O) groups excluding carboxylic acids is 1. The highest BCUT2D eigenvalue weighted by Gasteiger charge is 2.43. The summed E-state index contributed by atoms with van der Waals surface area (Å²) in [5.41, 5.74) is 0. The van der Waals surface area contributed by atoms with E-state index in [1.54, 1.807) is 0 Å². The van der Waals surface area contributed by atoms with E-state index < -0.39 is 0 Å². The minimum absolute atomic E-state index is 0.0324. The monoisotopic (exact) mass is 181 g/mol. The van der Waals surface area contributed by atoms with Gasteiger partial charge in [0.2, 0.25) is 5.91 Å². The molecule has 72 valence electrons. The first-order valence-electron chi connectivity index (χ1n) is 4.88. The van der Waals surface area contributed by atoms with Crippen LogP contribution >= 0.6 is 0 Å². The highest BCUT2D eigenvalue weighted by Crippen LogP contribution is 2.39. The van der Waals surface area contributed by atoms with Crippen LogP contribution in [0.25, 0.3) is 0 Å². The third kappa shape index (κ3) is 1.37. The molecule has 2 bridgehead atoms. The van der Waals surface area contributed by atoms with Crippen LogP contribution in [0.15, 0.2) is 12.2 Å². The second kappa shape index (κ2) is 3.14. The number of hydrogen-bond acceptors (Lipinski definition) is 2. The predicted octanol–water partition coefficient (Wildman–Crippen LogP) is 0.448. The molecular formula is C10H15NO2. The van der Waals surface area contributed by atoms with E-state index in [1.807, 2.05) is 6.92 Å². The number of fused-ring (bicyclic) bond motifs is 2. The van der Waals surface area contributed by atoms with Crippen molar-refractivity contribution in [2.75, 3.05) is 0 Å². The summed E-state index contributed by atoms with van der Waals surface area (Å²) in [4.78, 5) is 11.1. The fourth-order valence-corrected chi connectivity index (χ4v) is 2.28. The van der Waals surface area contributed by atoms with Crippen LogP contribution in [0.1, 0.15) is 19.8 Å². The third-order valence-corrected chi connectivity index (χ3v) is 3.07. The lowest BCUT2D eigenvalue weighted by molar-refractivity contribution is -0.122. The second-order valence-electron chi connectivity index (χ2n) is 3.89. The lowest BCUT2D eigenvalue weighted by Gasteiger charge is -2.24. The molecule has 0 aromatic heterocycles. The first-order valence-corrected chi connectivity index (χ1v) is 4.88. The Morgan fingerprint density at radius 3 is 2.77 bits per heavy atom. The van der Waals surface area contributed by atoms with Gasteiger partial charge in [0.25, 0.3) is 0 Å². The molecule has 2 aliphatic carbocycles. The van der Waals surface area contributed by atoms with E-state index >= 15 is 0 Å². The van der Waals surface area contributed by atoms with Crippen LogP contribution in [-0.2, 0) is 4.79 Å². The lowest BCUT2D eigenvalue weighted by Crippen LogP contribution is -2.45. The summed E-state index contributed by atoms with van der Waals surface area (Å²) in [6.07, 6.45) is 5.28.